The van der Waals surface area contributed by atoms with Gasteiger partial charge in [0.25, 0.3) is 0 Å². The van der Waals surface area contributed by atoms with Crippen LogP contribution in [0.5, 0.6) is 5.75 Å². The molecule has 1 aliphatic heterocycles. The molecule has 0 saturated heterocycles. The van der Waals surface area contributed by atoms with Crippen LogP contribution in [-0.2, 0) is 12.8 Å². The first-order valence-electron chi connectivity index (χ1n) is 9.51. The molecule has 6 heteroatoms. The zero-order valence-corrected chi connectivity index (χ0v) is 15.6. The van der Waals surface area contributed by atoms with Crippen molar-refractivity contribution in [3.63, 3.8) is 0 Å². The number of hydrogen-bond donors (Lipinski definition) is 2. The highest BCUT2D eigenvalue weighted by Gasteiger charge is 2.21. The average Bonchev–Trinajstić information content (AvgIpc) is 3.29. The monoisotopic (exact) mass is 363 g/mol. The predicted octanol–water partition coefficient (Wildman–Crippen LogP) is 2.44. The van der Waals surface area contributed by atoms with Gasteiger partial charge in [-0.2, -0.15) is 0 Å². The normalized spacial score (nSPS) is 16.2. The first kappa shape index (κ1) is 17.4. The molecule has 4 rings (SSSR count). The number of hydrogen-bond acceptors (Lipinski definition) is 3. The summed E-state index contributed by atoms with van der Waals surface area (Å²) in [6.07, 6.45) is 5.96. The van der Waals surface area contributed by atoms with Gasteiger partial charge in [0.1, 0.15) is 17.5 Å². The van der Waals surface area contributed by atoms with Crippen molar-refractivity contribution in [1.82, 2.24) is 20.0 Å². The SMILES string of the molecule is CCNC(=NCC1Cc2ccccc2O1)NCCc1cn2ccccc2n1. The molecule has 3 aromatic rings. The summed E-state index contributed by atoms with van der Waals surface area (Å²) in [7, 11) is 0. The summed E-state index contributed by atoms with van der Waals surface area (Å²) in [5.41, 5.74) is 3.31. The zero-order valence-electron chi connectivity index (χ0n) is 15.6. The van der Waals surface area contributed by atoms with Crippen molar-refractivity contribution >= 4 is 11.6 Å². The number of imidazole rings is 1. The summed E-state index contributed by atoms with van der Waals surface area (Å²) in [4.78, 5) is 9.33. The molecule has 1 unspecified atom stereocenters. The van der Waals surface area contributed by atoms with E-state index in [2.05, 4.69) is 40.9 Å². The van der Waals surface area contributed by atoms with Gasteiger partial charge in [-0.1, -0.05) is 24.3 Å². The maximum Gasteiger partial charge on any atom is 0.191 e. The summed E-state index contributed by atoms with van der Waals surface area (Å²) >= 11 is 0. The number of aromatic nitrogens is 2. The Kier molecular flexibility index (Phi) is 5.23. The molecule has 1 aliphatic rings. The zero-order chi connectivity index (χ0) is 18.5. The fourth-order valence-corrected chi connectivity index (χ4v) is 3.31. The molecular formula is C21H25N5O. The Morgan fingerprint density at radius 1 is 1.22 bits per heavy atom. The second-order valence-electron chi connectivity index (χ2n) is 6.65. The van der Waals surface area contributed by atoms with E-state index < -0.39 is 0 Å². The van der Waals surface area contributed by atoms with Crippen LogP contribution >= 0.6 is 0 Å². The minimum Gasteiger partial charge on any atom is -0.488 e. The lowest BCUT2D eigenvalue weighted by Crippen LogP contribution is -2.39. The van der Waals surface area contributed by atoms with Crippen LogP contribution in [0, 0.1) is 0 Å². The van der Waals surface area contributed by atoms with E-state index in [1.807, 2.05) is 40.9 Å². The van der Waals surface area contributed by atoms with E-state index in [-0.39, 0.29) is 6.10 Å². The van der Waals surface area contributed by atoms with Gasteiger partial charge in [0, 0.05) is 38.3 Å². The standard InChI is InChI=1S/C21H25N5O/c1-2-22-21(24-14-18-13-16-7-3-4-8-19(16)27-18)23-11-10-17-15-26-12-6-5-9-20(26)25-17/h3-9,12,15,18H,2,10-11,13-14H2,1H3,(H2,22,23,24). The van der Waals surface area contributed by atoms with E-state index in [1.54, 1.807) is 0 Å². The molecule has 6 nitrogen and oxygen atoms in total. The molecule has 2 aromatic heterocycles. The molecule has 1 atom stereocenters. The Hall–Kier alpha value is -3.02. The number of guanidine groups is 1. The molecule has 0 amide bonds. The van der Waals surface area contributed by atoms with Crippen molar-refractivity contribution in [2.45, 2.75) is 25.9 Å². The first-order chi connectivity index (χ1) is 13.3. The molecule has 0 fully saturated rings. The van der Waals surface area contributed by atoms with Crippen molar-refractivity contribution in [2.24, 2.45) is 4.99 Å². The van der Waals surface area contributed by atoms with Crippen LogP contribution in [0.2, 0.25) is 0 Å². The Bertz CT molecular complexity index is 875. The molecule has 0 saturated carbocycles. The fraction of sp³-hybridized carbons (Fsp3) is 0.333. The number of rotatable bonds is 6. The van der Waals surface area contributed by atoms with Crippen LogP contribution in [-0.4, -0.2) is 41.1 Å². The van der Waals surface area contributed by atoms with Crippen molar-refractivity contribution in [3.8, 4) is 5.75 Å². The highest BCUT2D eigenvalue weighted by molar-refractivity contribution is 5.79. The van der Waals surface area contributed by atoms with Gasteiger partial charge in [0.15, 0.2) is 5.96 Å². The minimum absolute atomic E-state index is 0.108. The molecule has 0 bridgehead atoms. The highest BCUT2D eigenvalue weighted by Crippen LogP contribution is 2.28. The van der Waals surface area contributed by atoms with Crippen LogP contribution in [0.3, 0.4) is 0 Å². The van der Waals surface area contributed by atoms with E-state index in [1.165, 1.54) is 5.56 Å². The summed E-state index contributed by atoms with van der Waals surface area (Å²) in [6.45, 7) is 4.31. The van der Waals surface area contributed by atoms with Crippen molar-refractivity contribution < 1.29 is 4.74 Å². The van der Waals surface area contributed by atoms with E-state index >= 15 is 0 Å². The topological polar surface area (TPSA) is 63.0 Å². The molecule has 1 aromatic carbocycles. The van der Waals surface area contributed by atoms with E-state index in [9.17, 15) is 0 Å². The predicted molar refractivity (Wildman–Crippen MR) is 107 cm³/mol. The van der Waals surface area contributed by atoms with E-state index in [4.69, 9.17) is 9.73 Å². The number of nitrogens with zero attached hydrogens (tertiary/aromatic N) is 3. The average molecular weight is 363 g/mol. The van der Waals surface area contributed by atoms with Crippen molar-refractivity contribution in [2.75, 3.05) is 19.6 Å². The second-order valence-corrected chi connectivity index (χ2v) is 6.65. The number of pyridine rings is 1. The number of ether oxygens (including phenoxy) is 1. The van der Waals surface area contributed by atoms with E-state index in [0.717, 1.165) is 49.0 Å². The third kappa shape index (κ3) is 4.22. The van der Waals surface area contributed by atoms with Gasteiger partial charge in [-0.05, 0) is 30.7 Å². The third-order valence-electron chi connectivity index (χ3n) is 4.60. The largest absolute Gasteiger partial charge is 0.488 e. The molecule has 0 spiro atoms. The van der Waals surface area contributed by atoms with E-state index in [0.29, 0.717) is 6.54 Å². The van der Waals surface area contributed by atoms with Gasteiger partial charge in [-0.15, -0.1) is 0 Å². The number of fused-ring (bicyclic) bond motifs is 2. The molecule has 2 N–H and O–H groups in total. The van der Waals surface area contributed by atoms with Crippen LogP contribution in [0.1, 0.15) is 18.2 Å². The quantitative estimate of drug-likeness (QED) is 0.522. The van der Waals surface area contributed by atoms with Gasteiger partial charge in [-0.3, -0.25) is 0 Å². The Balaban J connectivity index is 1.30. The first-order valence-corrected chi connectivity index (χ1v) is 9.51. The number of nitrogens with one attached hydrogen (secondary N) is 2. The second kappa shape index (κ2) is 8.12. The Morgan fingerprint density at radius 2 is 2.11 bits per heavy atom. The molecule has 3 heterocycles. The molecule has 27 heavy (non-hydrogen) atoms. The van der Waals surface area contributed by atoms with Crippen molar-refractivity contribution in [3.05, 3.63) is 66.1 Å². The summed E-state index contributed by atoms with van der Waals surface area (Å²) in [5, 5.41) is 6.69. The highest BCUT2D eigenvalue weighted by atomic mass is 16.5. The third-order valence-corrected chi connectivity index (χ3v) is 4.60. The maximum absolute atomic E-state index is 5.97. The molecule has 0 radical (unpaired) electrons. The molecule has 0 aliphatic carbocycles. The number of para-hydroxylation sites is 1. The van der Waals surface area contributed by atoms with Crippen molar-refractivity contribution in [1.29, 1.82) is 0 Å². The fourth-order valence-electron chi connectivity index (χ4n) is 3.31. The smallest absolute Gasteiger partial charge is 0.191 e. The minimum atomic E-state index is 0.108. The van der Waals surface area contributed by atoms with Gasteiger partial charge in [0.05, 0.1) is 12.2 Å². The number of benzene rings is 1. The van der Waals surface area contributed by atoms with Crippen LogP contribution in [0.25, 0.3) is 5.65 Å². The number of aliphatic imine (C=N–C) groups is 1. The van der Waals surface area contributed by atoms with Gasteiger partial charge in [-0.25, -0.2) is 9.98 Å². The lowest BCUT2D eigenvalue weighted by molar-refractivity contribution is 0.241. The van der Waals surface area contributed by atoms with Crippen LogP contribution < -0.4 is 15.4 Å². The van der Waals surface area contributed by atoms with Crippen LogP contribution in [0.15, 0.2) is 59.9 Å². The summed E-state index contributed by atoms with van der Waals surface area (Å²) in [6, 6.07) is 14.2. The lowest BCUT2D eigenvalue weighted by atomic mass is 10.1. The molecule has 140 valence electrons. The summed E-state index contributed by atoms with van der Waals surface area (Å²) in [5.74, 6) is 1.81. The lowest BCUT2D eigenvalue weighted by Gasteiger charge is -2.13. The maximum atomic E-state index is 5.97. The van der Waals surface area contributed by atoms with Gasteiger partial charge >= 0.3 is 0 Å². The molecular weight excluding hydrogens is 338 g/mol. The van der Waals surface area contributed by atoms with Crippen LogP contribution in [0.4, 0.5) is 0 Å². The van der Waals surface area contributed by atoms with Gasteiger partial charge < -0.3 is 19.8 Å². The Labute approximate surface area is 159 Å². The summed E-state index contributed by atoms with van der Waals surface area (Å²) < 4.78 is 8.01. The van der Waals surface area contributed by atoms with Gasteiger partial charge in [0.2, 0.25) is 0 Å². The Morgan fingerprint density at radius 3 is 2.96 bits per heavy atom.